The highest BCUT2D eigenvalue weighted by atomic mass is 19.1. The SMILES string of the molecule is CC(F)C(=O)[O-].CC[NH+](CC)CC. The second-order valence-electron chi connectivity index (χ2n) is 2.75. The molecular weight excluding hydrogens is 173 g/mol. The number of halogens is 1. The molecule has 0 saturated heterocycles. The fraction of sp³-hybridized carbons (Fsp3) is 0.889. The number of carbonyl (C=O) groups excluding carboxylic acids is 1. The Hall–Kier alpha value is -0.640. The van der Waals surface area contributed by atoms with Crippen LogP contribution in [0, 0.1) is 0 Å². The number of aliphatic carboxylic acids is 1. The zero-order valence-corrected chi connectivity index (χ0v) is 8.89. The zero-order valence-electron chi connectivity index (χ0n) is 8.89. The summed E-state index contributed by atoms with van der Waals surface area (Å²) in [6.45, 7) is 11.4. The van der Waals surface area contributed by atoms with Crippen LogP contribution in [-0.2, 0) is 4.79 Å². The largest absolute Gasteiger partial charge is 0.547 e. The van der Waals surface area contributed by atoms with Gasteiger partial charge in [-0.3, -0.25) is 0 Å². The predicted octanol–water partition coefficient (Wildman–Crippen LogP) is -0.975. The van der Waals surface area contributed by atoms with E-state index in [0.717, 1.165) is 6.92 Å². The molecule has 3 nitrogen and oxygen atoms in total. The lowest BCUT2D eigenvalue weighted by Crippen LogP contribution is -3.11. The Morgan fingerprint density at radius 2 is 1.54 bits per heavy atom. The molecule has 80 valence electrons. The van der Waals surface area contributed by atoms with Crippen molar-refractivity contribution in [2.75, 3.05) is 19.6 Å². The number of rotatable bonds is 4. The molecule has 0 aromatic rings. The summed E-state index contributed by atoms with van der Waals surface area (Å²) in [4.78, 5) is 10.9. The average Bonchev–Trinajstić information content (AvgIpc) is 2.08. The Labute approximate surface area is 79.5 Å². The van der Waals surface area contributed by atoms with Gasteiger partial charge in [-0.05, 0) is 27.7 Å². The van der Waals surface area contributed by atoms with E-state index >= 15 is 0 Å². The van der Waals surface area contributed by atoms with Crippen LogP contribution in [0.2, 0.25) is 0 Å². The maximum atomic E-state index is 11.2. The first-order valence-corrected chi connectivity index (χ1v) is 4.67. The van der Waals surface area contributed by atoms with Crippen LogP contribution in [0.5, 0.6) is 0 Å². The normalized spacial score (nSPS) is 11.8. The Morgan fingerprint density at radius 3 is 1.54 bits per heavy atom. The van der Waals surface area contributed by atoms with Crippen LogP contribution >= 0.6 is 0 Å². The Balaban J connectivity index is 0. The summed E-state index contributed by atoms with van der Waals surface area (Å²) < 4.78 is 11.2. The molecule has 0 amide bonds. The highest BCUT2D eigenvalue weighted by Gasteiger charge is 1.93. The minimum Gasteiger partial charge on any atom is -0.547 e. The fourth-order valence-corrected chi connectivity index (χ4v) is 0.750. The van der Waals surface area contributed by atoms with Crippen LogP contribution in [-0.4, -0.2) is 31.8 Å². The van der Waals surface area contributed by atoms with Gasteiger partial charge in [0.05, 0.1) is 25.6 Å². The molecule has 0 saturated carbocycles. The number of carbonyl (C=O) groups is 1. The summed E-state index contributed by atoms with van der Waals surface area (Å²) in [6, 6.07) is 0. The molecule has 0 bridgehead atoms. The molecule has 0 rings (SSSR count). The third-order valence-electron chi connectivity index (χ3n) is 1.82. The van der Waals surface area contributed by atoms with E-state index in [-0.39, 0.29) is 0 Å². The Morgan fingerprint density at radius 1 is 1.31 bits per heavy atom. The number of carboxylic acids is 1. The Kier molecular flexibility index (Phi) is 10.8. The molecule has 1 N–H and O–H groups in total. The van der Waals surface area contributed by atoms with E-state index in [1.165, 1.54) is 19.6 Å². The lowest BCUT2D eigenvalue weighted by Gasteiger charge is -2.10. The summed E-state index contributed by atoms with van der Waals surface area (Å²) in [5.74, 6) is -1.66. The van der Waals surface area contributed by atoms with E-state index < -0.39 is 12.1 Å². The number of hydrogen-bond acceptors (Lipinski definition) is 2. The lowest BCUT2D eigenvalue weighted by molar-refractivity contribution is -0.894. The number of hydrogen-bond donors (Lipinski definition) is 1. The fourth-order valence-electron chi connectivity index (χ4n) is 0.750. The first-order chi connectivity index (χ1) is 5.99. The third-order valence-corrected chi connectivity index (χ3v) is 1.82. The van der Waals surface area contributed by atoms with E-state index in [1.54, 1.807) is 4.90 Å². The van der Waals surface area contributed by atoms with Gasteiger partial charge in [-0.2, -0.15) is 0 Å². The van der Waals surface area contributed by atoms with Crippen molar-refractivity contribution in [3.05, 3.63) is 0 Å². The average molecular weight is 193 g/mol. The molecular formula is C9H20FNO2. The molecule has 0 aliphatic heterocycles. The van der Waals surface area contributed by atoms with E-state index in [9.17, 15) is 14.3 Å². The molecule has 0 heterocycles. The smallest absolute Gasteiger partial charge is 0.137 e. The van der Waals surface area contributed by atoms with Gasteiger partial charge >= 0.3 is 0 Å². The van der Waals surface area contributed by atoms with E-state index in [1.807, 2.05) is 0 Å². The monoisotopic (exact) mass is 193 g/mol. The van der Waals surface area contributed by atoms with Crippen molar-refractivity contribution in [3.8, 4) is 0 Å². The molecule has 0 aromatic heterocycles. The van der Waals surface area contributed by atoms with Crippen LogP contribution in [0.15, 0.2) is 0 Å². The summed E-state index contributed by atoms with van der Waals surface area (Å²) in [6.07, 6.45) is -1.84. The molecule has 0 aliphatic carbocycles. The molecule has 0 aromatic carbocycles. The van der Waals surface area contributed by atoms with Gasteiger partial charge in [-0.25, -0.2) is 4.39 Å². The van der Waals surface area contributed by atoms with E-state index in [4.69, 9.17) is 0 Å². The van der Waals surface area contributed by atoms with Gasteiger partial charge in [-0.15, -0.1) is 0 Å². The summed E-state index contributed by atoms with van der Waals surface area (Å²) >= 11 is 0. The standard InChI is InChI=1S/C6H15N.C3H5FO2/c1-4-7(5-2)6-3;1-2(4)3(5)6/h4-6H2,1-3H3;2H,1H3,(H,5,6). The third kappa shape index (κ3) is 11.4. The van der Waals surface area contributed by atoms with Gasteiger partial charge in [0.15, 0.2) is 0 Å². The minimum atomic E-state index is -1.84. The zero-order chi connectivity index (χ0) is 10.9. The summed E-state index contributed by atoms with van der Waals surface area (Å²) in [5.41, 5.74) is 0. The van der Waals surface area contributed by atoms with Crippen LogP contribution in [0.1, 0.15) is 27.7 Å². The van der Waals surface area contributed by atoms with Crippen LogP contribution in [0.3, 0.4) is 0 Å². The molecule has 0 spiro atoms. The number of carboxylic acid groups (broad SMARTS) is 1. The molecule has 1 atom stereocenters. The Bertz CT molecular complexity index is 119. The van der Waals surface area contributed by atoms with Crippen molar-refractivity contribution in [1.82, 2.24) is 0 Å². The highest BCUT2D eigenvalue weighted by molar-refractivity contribution is 5.68. The topological polar surface area (TPSA) is 44.6 Å². The number of nitrogens with one attached hydrogen (secondary N) is 1. The highest BCUT2D eigenvalue weighted by Crippen LogP contribution is 1.80. The van der Waals surface area contributed by atoms with Crippen molar-refractivity contribution >= 4 is 5.97 Å². The van der Waals surface area contributed by atoms with Gasteiger partial charge in [0.25, 0.3) is 0 Å². The van der Waals surface area contributed by atoms with Crippen molar-refractivity contribution in [1.29, 1.82) is 0 Å². The first kappa shape index (κ1) is 14.9. The van der Waals surface area contributed by atoms with Crippen molar-refractivity contribution in [2.45, 2.75) is 33.9 Å². The van der Waals surface area contributed by atoms with Crippen LogP contribution < -0.4 is 10.0 Å². The number of alkyl halides is 1. The van der Waals surface area contributed by atoms with Crippen LogP contribution in [0.25, 0.3) is 0 Å². The minimum absolute atomic E-state index is 0.912. The summed E-state index contributed by atoms with van der Waals surface area (Å²) in [5, 5.41) is 9.21. The second-order valence-corrected chi connectivity index (χ2v) is 2.75. The van der Waals surface area contributed by atoms with Gasteiger partial charge in [-0.1, -0.05) is 0 Å². The number of quaternary nitrogens is 1. The maximum absolute atomic E-state index is 11.2. The van der Waals surface area contributed by atoms with Gasteiger partial charge in [0, 0.05) is 0 Å². The molecule has 13 heavy (non-hydrogen) atoms. The molecule has 0 fully saturated rings. The van der Waals surface area contributed by atoms with Gasteiger partial charge < -0.3 is 14.8 Å². The molecule has 1 unspecified atom stereocenters. The quantitative estimate of drug-likeness (QED) is 0.624. The van der Waals surface area contributed by atoms with Crippen molar-refractivity contribution in [2.24, 2.45) is 0 Å². The predicted molar refractivity (Wildman–Crippen MR) is 48.2 cm³/mol. The molecule has 0 aliphatic rings. The first-order valence-electron chi connectivity index (χ1n) is 4.67. The lowest BCUT2D eigenvalue weighted by atomic mass is 10.5. The summed E-state index contributed by atoms with van der Waals surface area (Å²) in [7, 11) is 0. The second kappa shape index (κ2) is 9.45. The van der Waals surface area contributed by atoms with Crippen LogP contribution in [0.4, 0.5) is 4.39 Å². The van der Waals surface area contributed by atoms with Gasteiger partial charge in [0.1, 0.15) is 6.17 Å². The van der Waals surface area contributed by atoms with E-state index in [0.29, 0.717) is 0 Å². The molecule has 4 heteroatoms. The van der Waals surface area contributed by atoms with Gasteiger partial charge in [0.2, 0.25) is 0 Å². The van der Waals surface area contributed by atoms with Crippen molar-refractivity contribution < 1.29 is 19.2 Å². The van der Waals surface area contributed by atoms with Crippen molar-refractivity contribution in [3.63, 3.8) is 0 Å². The maximum Gasteiger partial charge on any atom is 0.137 e. The molecule has 0 radical (unpaired) electrons. The van der Waals surface area contributed by atoms with E-state index in [2.05, 4.69) is 20.8 Å².